The number of nitrogen functional groups attached to an aromatic ring is 1. The van der Waals surface area contributed by atoms with Crippen molar-refractivity contribution in [1.29, 1.82) is 0 Å². The Morgan fingerprint density at radius 3 is 2.56 bits per heavy atom. The van der Waals surface area contributed by atoms with Crippen LogP contribution < -0.4 is 5.73 Å². The first-order valence-corrected chi connectivity index (χ1v) is 6.10. The number of hydrogen-bond donors (Lipinski definition) is 1. The van der Waals surface area contributed by atoms with Crippen LogP contribution in [0.25, 0.3) is 0 Å². The van der Waals surface area contributed by atoms with Crippen LogP contribution in [0.5, 0.6) is 0 Å². The lowest BCUT2D eigenvalue weighted by molar-refractivity contribution is 0.0967. The quantitative estimate of drug-likeness (QED) is 0.722. The van der Waals surface area contributed by atoms with Gasteiger partial charge in [0.05, 0.1) is 0 Å². The Bertz CT molecular complexity index is 465. The van der Waals surface area contributed by atoms with Crippen LogP contribution in [-0.4, -0.2) is 10.8 Å². The molecule has 1 heterocycles. The summed E-state index contributed by atoms with van der Waals surface area (Å²) in [5, 5.41) is 0. The number of aryl methyl sites for hydroxylation is 1. The van der Waals surface area contributed by atoms with Crippen molar-refractivity contribution in [3.63, 3.8) is 0 Å². The second-order valence-corrected chi connectivity index (χ2v) is 4.76. The summed E-state index contributed by atoms with van der Waals surface area (Å²) >= 11 is 0. The van der Waals surface area contributed by atoms with Crippen molar-refractivity contribution in [1.82, 2.24) is 4.98 Å². The van der Waals surface area contributed by atoms with Crippen molar-refractivity contribution >= 4 is 11.5 Å². The van der Waals surface area contributed by atoms with E-state index in [9.17, 15) is 4.79 Å². The van der Waals surface area contributed by atoms with Gasteiger partial charge in [0.2, 0.25) is 0 Å². The average Bonchev–Trinajstić information content (AvgIpc) is 2.31. The number of aromatic nitrogens is 1. The highest BCUT2D eigenvalue weighted by Crippen LogP contribution is 2.32. The second kappa shape index (κ2) is 3.58. The van der Waals surface area contributed by atoms with Crippen LogP contribution in [0.2, 0.25) is 0 Å². The van der Waals surface area contributed by atoms with Gasteiger partial charge in [0.1, 0.15) is 5.69 Å². The van der Waals surface area contributed by atoms with Crippen LogP contribution in [0.4, 0.5) is 5.69 Å². The first-order chi connectivity index (χ1) is 7.77. The second-order valence-electron chi connectivity index (χ2n) is 4.76. The molecule has 0 saturated heterocycles. The number of pyridine rings is 1. The Hall–Kier alpha value is -1.38. The van der Waals surface area contributed by atoms with Crippen molar-refractivity contribution in [2.24, 2.45) is 0 Å². The molecule has 0 radical (unpaired) electrons. The van der Waals surface area contributed by atoms with E-state index in [0.29, 0.717) is 12.1 Å². The van der Waals surface area contributed by atoms with E-state index in [0.717, 1.165) is 42.6 Å². The number of carbonyl (C=O) groups excluding carboxylic acids is 1. The summed E-state index contributed by atoms with van der Waals surface area (Å²) in [5.74, 6) is 0.182. The van der Waals surface area contributed by atoms with Crippen molar-refractivity contribution in [2.75, 3.05) is 5.73 Å². The maximum atomic E-state index is 11.8. The molecule has 84 valence electrons. The first kappa shape index (κ1) is 9.82. The van der Waals surface area contributed by atoms with Crippen molar-refractivity contribution in [3.05, 3.63) is 22.5 Å². The van der Waals surface area contributed by atoms with Gasteiger partial charge >= 0.3 is 0 Å². The molecule has 0 bridgehead atoms. The molecule has 3 rings (SSSR count). The molecule has 0 unspecified atom stereocenters. The topological polar surface area (TPSA) is 56.0 Å². The van der Waals surface area contributed by atoms with E-state index in [-0.39, 0.29) is 5.78 Å². The molecular formula is C13H16N2O. The van der Waals surface area contributed by atoms with Crippen LogP contribution in [0.3, 0.4) is 0 Å². The zero-order valence-electron chi connectivity index (χ0n) is 9.38. The Labute approximate surface area is 95.1 Å². The van der Waals surface area contributed by atoms with Gasteiger partial charge in [-0.25, -0.2) is 4.98 Å². The minimum atomic E-state index is 0.182. The molecule has 2 aliphatic rings. The van der Waals surface area contributed by atoms with Gasteiger partial charge in [-0.3, -0.25) is 4.79 Å². The highest BCUT2D eigenvalue weighted by Gasteiger charge is 2.25. The molecular weight excluding hydrogens is 200 g/mol. The molecule has 1 aromatic heterocycles. The van der Waals surface area contributed by atoms with Gasteiger partial charge in [0, 0.05) is 23.4 Å². The third-order valence-corrected chi connectivity index (χ3v) is 3.72. The number of rotatable bonds is 0. The molecule has 3 heteroatoms. The number of fused-ring (bicyclic) bond motifs is 2. The van der Waals surface area contributed by atoms with Crippen LogP contribution in [0, 0.1) is 0 Å². The minimum absolute atomic E-state index is 0.182. The van der Waals surface area contributed by atoms with Gasteiger partial charge in [-0.15, -0.1) is 0 Å². The predicted molar refractivity (Wildman–Crippen MR) is 62.6 cm³/mol. The van der Waals surface area contributed by atoms with Gasteiger partial charge in [-0.2, -0.15) is 0 Å². The summed E-state index contributed by atoms with van der Waals surface area (Å²) < 4.78 is 0. The fraction of sp³-hybridized carbons (Fsp3) is 0.538. The molecule has 0 spiro atoms. The summed E-state index contributed by atoms with van der Waals surface area (Å²) in [6.45, 7) is 0. The zero-order chi connectivity index (χ0) is 11.1. The van der Waals surface area contributed by atoms with Gasteiger partial charge < -0.3 is 5.73 Å². The lowest BCUT2D eigenvalue weighted by Crippen LogP contribution is -2.20. The minimum Gasteiger partial charge on any atom is -0.398 e. The molecule has 16 heavy (non-hydrogen) atoms. The van der Waals surface area contributed by atoms with Crippen molar-refractivity contribution in [3.8, 4) is 0 Å². The summed E-state index contributed by atoms with van der Waals surface area (Å²) in [4.78, 5) is 16.4. The molecule has 0 saturated carbocycles. The third kappa shape index (κ3) is 1.34. The number of nitrogens with two attached hydrogens (primary N) is 1. The summed E-state index contributed by atoms with van der Waals surface area (Å²) in [6, 6.07) is 0. The fourth-order valence-corrected chi connectivity index (χ4v) is 2.84. The Kier molecular flexibility index (Phi) is 2.20. The van der Waals surface area contributed by atoms with Gasteiger partial charge in [-0.05, 0) is 44.1 Å². The van der Waals surface area contributed by atoms with Crippen LogP contribution in [-0.2, 0) is 19.3 Å². The molecule has 2 N–H and O–H groups in total. The SMILES string of the molecule is Nc1c2c(nc3c1CCCC3=O)CCCC2. The fourth-order valence-electron chi connectivity index (χ4n) is 2.84. The van der Waals surface area contributed by atoms with Crippen LogP contribution >= 0.6 is 0 Å². The molecule has 0 amide bonds. The summed E-state index contributed by atoms with van der Waals surface area (Å²) in [5.41, 5.74) is 11.1. The largest absolute Gasteiger partial charge is 0.398 e. The van der Waals surface area contributed by atoms with Crippen LogP contribution in [0.1, 0.15) is 53.0 Å². The maximum Gasteiger partial charge on any atom is 0.181 e. The summed E-state index contributed by atoms with van der Waals surface area (Å²) in [6.07, 6.45) is 6.88. The van der Waals surface area contributed by atoms with Crippen LogP contribution in [0.15, 0.2) is 0 Å². The van der Waals surface area contributed by atoms with Gasteiger partial charge in [-0.1, -0.05) is 0 Å². The maximum absolute atomic E-state index is 11.8. The van der Waals surface area contributed by atoms with E-state index in [4.69, 9.17) is 5.73 Å². The van der Waals surface area contributed by atoms with E-state index in [1.165, 1.54) is 18.4 Å². The molecule has 2 aliphatic carbocycles. The highest BCUT2D eigenvalue weighted by molar-refractivity contribution is 5.98. The molecule has 1 aromatic rings. The Morgan fingerprint density at radius 1 is 0.938 bits per heavy atom. The van der Waals surface area contributed by atoms with E-state index in [1.54, 1.807) is 0 Å². The average molecular weight is 216 g/mol. The number of Topliss-reactive ketones (excluding diaryl/α,β-unsaturated/α-hetero) is 1. The van der Waals surface area contributed by atoms with E-state index >= 15 is 0 Å². The van der Waals surface area contributed by atoms with E-state index in [2.05, 4.69) is 4.98 Å². The predicted octanol–water partition coefficient (Wildman–Crippen LogP) is 2.06. The molecule has 0 aliphatic heterocycles. The van der Waals surface area contributed by atoms with Gasteiger partial charge in [0.15, 0.2) is 5.78 Å². The molecule has 3 nitrogen and oxygen atoms in total. The van der Waals surface area contributed by atoms with E-state index < -0.39 is 0 Å². The molecule has 0 fully saturated rings. The number of ketones is 1. The lowest BCUT2D eigenvalue weighted by atomic mass is 9.87. The zero-order valence-corrected chi connectivity index (χ0v) is 9.38. The van der Waals surface area contributed by atoms with E-state index in [1.807, 2.05) is 0 Å². The Balaban J connectivity index is 2.21. The van der Waals surface area contributed by atoms with Crippen molar-refractivity contribution in [2.45, 2.75) is 44.9 Å². The molecule has 0 aromatic carbocycles. The highest BCUT2D eigenvalue weighted by atomic mass is 16.1. The van der Waals surface area contributed by atoms with Gasteiger partial charge in [0.25, 0.3) is 0 Å². The first-order valence-electron chi connectivity index (χ1n) is 6.10. The van der Waals surface area contributed by atoms with Crippen molar-refractivity contribution < 1.29 is 4.79 Å². The smallest absolute Gasteiger partial charge is 0.181 e. The Morgan fingerprint density at radius 2 is 1.69 bits per heavy atom. The number of nitrogens with zero attached hydrogens (tertiary/aromatic N) is 1. The summed E-state index contributed by atoms with van der Waals surface area (Å²) in [7, 11) is 0. The number of anilines is 1. The third-order valence-electron chi connectivity index (χ3n) is 3.72. The normalized spacial score (nSPS) is 19.1. The lowest BCUT2D eigenvalue weighted by Gasteiger charge is -2.23. The number of hydrogen-bond acceptors (Lipinski definition) is 3. The standard InChI is InChI=1S/C13H16N2O/c14-12-8-4-1-2-6-10(8)15-13-9(12)5-3-7-11(13)16/h1-7H2,(H2,14,15). The number of carbonyl (C=O) groups is 1. The monoisotopic (exact) mass is 216 g/mol. The molecule has 0 atom stereocenters.